The Morgan fingerprint density at radius 3 is 2.45 bits per heavy atom. The molecule has 0 atom stereocenters. The molecule has 42 heavy (non-hydrogen) atoms. The predicted molar refractivity (Wildman–Crippen MR) is 181 cm³/mol. The first kappa shape index (κ1) is 31.0. The Morgan fingerprint density at radius 2 is 1.79 bits per heavy atom. The number of hydrogen-bond acceptors (Lipinski definition) is 8. The van der Waals surface area contributed by atoms with Gasteiger partial charge in [0.2, 0.25) is 5.95 Å². The molecule has 2 aliphatic rings. The molecule has 2 N–H and O–H groups in total. The Balaban J connectivity index is 1.35. The number of nitrogens with zero attached hydrogens (tertiary/aromatic N) is 4. The Labute approximate surface area is 260 Å². The third-order valence-electron chi connectivity index (χ3n) is 8.54. The van der Waals surface area contributed by atoms with Crippen molar-refractivity contribution in [3.8, 4) is 5.75 Å². The first-order chi connectivity index (χ1) is 20.3. The number of hydrogen-bond donors (Lipinski definition) is 2. The summed E-state index contributed by atoms with van der Waals surface area (Å²) >= 11 is 3.65. The summed E-state index contributed by atoms with van der Waals surface area (Å²) < 4.78 is 12.3. The number of morpholine rings is 1. The average Bonchev–Trinajstić information content (AvgIpc) is 3.00. The number of nitrogens with one attached hydrogen (secondary N) is 2. The molecule has 3 aromatic rings. The second-order valence-electron chi connectivity index (χ2n) is 11.3. The topological polar surface area (TPSA) is 74.8 Å². The van der Waals surface area contributed by atoms with Crippen LogP contribution in [0.1, 0.15) is 36.5 Å². The minimum atomic E-state index is -0.299. The van der Waals surface area contributed by atoms with Crippen molar-refractivity contribution in [2.24, 2.45) is 0 Å². The largest absolute Gasteiger partial charge is 0.494 e. The zero-order chi connectivity index (χ0) is 29.8. The maximum absolute atomic E-state index is 5.89. The van der Waals surface area contributed by atoms with Gasteiger partial charge in [0, 0.05) is 61.2 Å². The van der Waals surface area contributed by atoms with Crippen LogP contribution in [0.25, 0.3) is 0 Å². The SMILES string of the molecule is CCc1cc(Nc2ncc(Br)c(Nc3ccc(C)c(C)c3P(C)C)n2)c(OC)cc1N1CCC(N2CCOCC2)CC1. The molecule has 2 fully saturated rings. The first-order valence-electron chi connectivity index (χ1n) is 14.9. The molecule has 0 unspecified atom stereocenters. The van der Waals surface area contributed by atoms with Crippen molar-refractivity contribution >= 4 is 58.0 Å². The van der Waals surface area contributed by atoms with E-state index >= 15 is 0 Å². The minimum Gasteiger partial charge on any atom is -0.494 e. The van der Waals surface area contributed by atoms with Crippen molar-refractivity contribution in [1.29, 1.82) is 0 Å². The van der Waals surface area contributed by atoms with Crippen molar-refractivity contribution < 1.29 is 9.47 Å². The van der Waals surface area contributed by atoms with Gasteiger partial charge in [-0.05, 0) is 91.2 Å². The van der Waals surface area contributed by atoms with Crippen LogP contribution in [0.4, 0.5) is 28.8 Å². The zero-order valence-corrected chi connectivity index (χ0v) is 28.2. The predicted octanol–water partition coefficient (Wildman–Crippen LogP) is 6.58. The van der Waals surface area contributed by atoms with E-state index in [0.29, 0.717) is 12.0 Å². The van der Waals surface area contributed by atoms with E-state index in [1.807, 2.05) is 0 Å². The number of rotatable bonds is 9. The molecule has 0 radical (unpaired) electrons. The highest BCUT2D eigenvalue weighted by Crippen LogP contribution is 2.38. The standard InChI is InChI=1S/C32H44BrN6O2P/c1-7-23-18-27(29(40-4)19-28(23)39-12-10-24(11-13-39)38-14-16-41-17-15-38)36-32-34-20-25(33)31(37-32)35-26-9-8-21(2)22(3)30(26)42(5)6/h8-9,18-20,24H,7,10-17H2,1-6H3,(H2,34,35,36,37). The summed E-state index contributed by atoms with van der Waals surface area (Å²) in [5, 5.41) is 8.39. The number of ether oxygens (including phenoxy) is 2. The Hall–Kier alpha value is -2.45. The maximum Gasteiger partial charge on any atom is 0.229 e. The number of halogens is 1. The van der Waals surface area contributed by atoms with Gasteiger partial charge in [-0.15, -0.1) is 0 Å². The van der Waals surface area contributed by atoms with Crippen molar-refractivity contribution in [2.45, 2.75) is 46.1 Å². The fourth-order valence-electron chi connectivity index (χ4n) is 6.11. The molecule has 0 amide bonds. The molecule has 8 nitrogen and oxygen atoms in total. The van der Waals surface area contributed by atoms with Crippen LogP contribution in [0.15, 0.2) is 34.9 Å². The maximum atomic E-state index is 5.89. The molecule has 2 aromatic carbocycles. The number of aryl methyl sites for hydroxylation is 2. The van der Waals surface area contributed by atoms with Gasteiger partial charge >= 0.3 is 0 Å². The van der Waals surface area contributed by atoms with Gasteiger partial charge in [0.1, 0.15) is 11.6 Å². The Morgan fingerprint density at radius 1 is 1.05 bits per heavy atom. The van der Waals surface area contributed by atoms with E-state index in [-0.39, 0.29) is 7.92 Å². The Kier molecular flexibility index (Phi) is 10.3. The summed E-state index contributed by atoms with van der Waals surface area (Å²) in [6.07, 6.45) is 5.07. The van der Waals surface area contributed by atoms with Crippen molar-refractivity contribution in [2.75, 3.05) is 75.4 Å². The third kappa shape index (κ3) is 6.85. The summed E-state index contributed by atoms with van der Waals surface area (Å²) in [5.74, 6) is 2.03. The van der Waals surface area contributed by atoms with Crippen LogP contribution >= 0.6 is 23.9 Å². The molecule has 2 aliphatic heterocycles. The lowest BCUT2D eigenvalue weighted by atomic mass is 10.00. The van der Waals surface area contributed by atoms with Gasteiger partial charge in [-0.25, -0.2) is 4.98 Å². The number of methoxy groups -OCH3 is 1. The lowest BCUT2D eigenvalue weighted by Gasteiger charge is -2.41. The highest BCUT2D eigenvalue weighted by molar-refractivity contribution is 9.10. The van der Waals surface area contributed by atoms with Gasteiger partial charge in [0.05, 0.1) is 30.5 Å². The molecule has 5 rings (SSSR count). The van der Waals surface area contributed by atoms with Gasteiger partial charge in [0.15, 0.2) is 0 Å². The molecule has 0 bridgehead atoms. The van der Waals surface area contributed by atoms with Gasteiger partial charge in [0.25, 0.3) is 0 Å². The number of anilines is 5. The van der Waals surface area contributed by atoms with Crippen LogP contribution < -0.4 is 25.6 Å². The van der Waals surface area contributed by atoms with Crippen LogP contribution in [-0.2, 0) is 11.2 Å². The van der Waals surface area contributed by atoms with Crippen molar-refractivity contribution in [1.82, 2.24) is 14.9 Å². The molecule has 3 heterocycles. The highest BCUT2D eigenvalue weighted by atomic mass is 79.9. The molecular formula is C32H44BrN6O2P. The molecule has 0 aliphatic carbocycles. The van der Waals surface area contributed by atoms with E-state index in [4.69, 9.17) is 14.5 Å². The first-order valence-corrected chi connectivity index (χ1v) is 17.9. The van der Waals surface area contributed by atoms with Gasteiger partial charge in [-0.3, -0.25) is 4.90 Å². The van der Waals surface area contributed by atoms with E-state index in [1.165, 1.54) is 40.5 Å². The number of piperidine rings is 1. The molecule has 1 aromatic heterocycles. The lowest BCUT2D eigenvalue weighted by molar-refractivity contribution is 0.0115. The minimum absolute atomic E-state index is 0.299. The monoisotopic (exact) mass is 654 g/mol. The summed E-state index contributed by atoms with van der Waals surface area (Å²) in [4.78, 5) is 14.6. The fraction of sp³-hybridized carbons (Fsp3) is 0.500. The fourth-order valence-corrected chi connectivity index (χ4v) is 7.86. The lowest BCUT2D eigenvalue weighted by Crippen LogP contribution is -2.49. The quantitative estimate of drug-likeness (QED) is 0.251. The summed E-state index contributed by atoms with van der Waals surface area (Å²) in [6.45, 7) is 17.1. The molecule has 0 spiro atoms. The normalized spacial score (nSPS) is 16.6. The molecule has 0 saturated carbocycles. The average molecular weight is 656 g/mol. The van der Waals surface area contributed by atoms with E-state index in [2.05, 4.69) is 99.7 Å². The molecule has 10 heteroatoms. The number of benzene rings is 2. The zero-order valence-electron chi connectivity index (χ0n) is 25.8. The van der Waals surface area contributed by atoms with Crippen LogP contribution in [-0.4, -0.2) is 80.7 Å². The van der Waals surface area contributed by atoms with Crippen LogP contribution in [0, 0.1) is 13.8 Å². The molecular weight excluding hydrogens is 611 g/mol. The van der Waals surface area contributed by atoms with E-state index in [1.54, 1.807) is 13.3 Å². The summed E-state index contributed by atoms with van der Waals surface area (Å²) in [7, 11) is 1.43. The van der Waals surface area contributed by atoms with Crippen molar-refractivity contribution in [3.05, 3.63) is 51.6 Å². The van der Waals surface area contributed by atoms with Gasteiger partial charge in [-0.2, -0.15) is 4.98 Å². The molecule has 2 saturated heterocycles. The van der Waals surface area contributed by atoms with Gasteiger partial charge < -0.3 is 25.0 Å². The van der Waals surface area contributed by atoms with Crippen LogP contribution in [0.5, 0.6) is 5.75 Å². The molecule has 226 valence electrons. The van der Waals surface area contributed by atoms with E-state index in [0.717, 1.165) is 73.2 Å². The smallest absolute Gasteiger partial charge is 0.229 e. The second kappa shape index (κ2) is 13.9. The summed E-state index contributed by atoms with van der Waals surface area (Å²) in [5.41, 5.74) is 7.15. The van der Waals surface area contributed by atoms with E-state index in [9.17, 15) is 0 Å². The third-order valence-corrected chi connectivity index (χ3v) is 10.6. The van der Waals surface area contributed by atoms with Gasteiger partial charge in [-0.1, -0.05) is 20.9 Å². The van der Waals surface area contributed by atoms with Crippen LogP contribution in [0.3, 0.4) is 0 Å². The van der Waals surface area contributed by atoms with Crippen LogP contribution in [0.2, 0.25) is 0 Å². The van der Waals surface area contributed by atoms with Crippen molar-refractivity contribution in [3.63, 3.8) is 0 Å². The summed E-state index contributed by atoms with van der Waals surface area (Å²) in [6, 6.07) is 9.35. The van der Waals surface area contributed by atoms with E-state index < -0.39 is 0 Å². The second-order valence-corrected chi connectivity index (χ2v) is 14.4. The Bertz CT molecular complexity index is 1390. The highest BCUT2D eigenvalue weighted by Gasteiger charge is 2.27. The number of aromatic nitrogens is 2.